The Bertz CT molecular complexity index is 769. The minimum atomic E-state index is -0.0667. The molecule has 5 nitrogen and oxygen atoms in total. The van der Waals surface area contributed by atoms with E-state index >= 15 is 0 Å². The van der Waals surface area contributed by atoms with E-state index in [4.69, 9.17) is 0 Å². The fourth-order valence-electron chi connectivity index (χ4n) is 3.09. The number of amides is 1. The lowest BCUT2D eigenvalue weighted by atomic mass is 10.1. The molecule has 2 aromatic carbocycles. The molecule has 1 heterocycles. The Kier molecular flexibility index (Phi) is 7.15. The number of halogens is 1. The highest BCUT2D eigenvalue weighted by Crippen LogP contribution is 2.11. The zero-order chi connectivity index (χ0) is 19.1. The maximum Gasteiger partial charge on any atom is 0.254 e. The largest absolute Gasteiger partial charge is 0.297 e. The summed E-state index contributed by atoms with van der Waals surface area (Å²) in [4.78, 5) is 16.8. The number of hydrazone groups is 1. The van der Waals surface area contributed by atoms with Gasteiger partial charge < -0.3 is 0 Å². The molecule has 2 aromatic rings. The second-order valence-corrected chi connectivity index (χ2v) is 7.69. The summed E-state index contributed by atoms with van der Waals surface area (Å²) in [7, 11) is 0. The average molecular weight is 429 g/mol. The van der Waals surface area contributed by atoms with E-state index in [1.54, 1.807) is 0 Å². The molecule has 1 aliphatic rings. The van der Waals surface area contributed by atoms with Gasteiger partial charge in [0, 0.05) is 37.2 Å². The normalized spacial score (nSPS) is 16.3. The van der Waals surface area contributed by atoms with Crippen LogP contribution >= 0.6 is 15.9 Å². The minimum Gasteiger partial charge on any atom is -0.297 e. The molecule has 0 radical (unpaired) electrons. The third-order valence-electron chi connectivity index (χ3n) is 4.69. The van der Waals surface area contributed by atoms with Gasteiger partial charge in [-0.25, -0.2) is 5.43 Å². The van der Waals surface area contributed by atoms with Gasteiger partial charge >= 0.3 is 0 Å². The Balaban J connectivity index is 1.41. The van der Waals surface area contributed by atoms with E-state index in [9.17, 15) is 4.79 Å². The van der Waals surface area contributed by atoms with Gasteiger partial charge in [-0.1, -0.05) is 58.4 Å². The molecule has 0 bridgehead atoms. The van der Waals surface area contributed by atoms with Crippen LogP contribution in [0.15, 0.2) is 64.2 Å². The lowest BCUT2D eigenvalue weighted by molar-refractivity contribution is -0.122. The van der Waals surface area contributed by atoms with Gasteiger partial charge in [0.2, 0.25) is 0 Å². The quantitative estimate of drug-likeness (QED) is 0.567. The summed E-state index contributed by atoms with van der Waals surface area (Å²) in [5.74, 6) is -0.0667. The smallest absolute Gasteiger partial charge is 0.254 e. The minimum absolute atomic E-state index is 0.0667. The van der Waals surface area contributed by atoms with Crippen LogP contribution < -0.4 is 5.43 Å². The number of nitrogens with one attached hydrogen (secondary N) is 1. The molecule has 1 amide bonds. The van der Waals surface area contributed by atoms with Crippen molar-refractivity contribution in [3.05, 3.63) is 70.2 Å². The first-order valence-electron chi connectivity index (χ1n) is 9.18. The molecule has 142 valence electrons. The molecular weight excluding hydrogens is 404 g/mol. The molecule has 0 aliphatic carbocycles. The van der Waals surface area contributed by atoms with Gasteiger partial charge in [-0.05, 0) is 30.2 Å². The van der Waals surface area contributed by atoms with Crippen molar-refractivity contribution in [1.82, 2.24) is 15.2 Å². The SMILES string of the molecule is C/C(=N/NC(=O)CN1CCN(Cc2ccccc2)CC1)c1ccc(Br)cc1. The molecule has 0 atom stereocenters. The van der Waals surface area contributed by atoms with Crippen molar-refractivity contribution in [2.24, 2.45) is 5.10 Å². The lowest BCUT2D eigenvalue weighted by Crippen LogP contribution is -2.48. The summed E-state index contributed by atoms with van der Waals surface area (Å²) >= 11 is 3.42. The van der Waals surface area contributed by atoms with E-state index in [0.717, 1.165) is 48.5 Å². The summed E-state index contributed by atoms with van der Waals surface area (Å²) in [6.45, 7) is 7.00. The Labute approximate surface area is 169 Å². The van der Waals surface area contributed by atoms with Gasteiger partial charge in [0.05, 0.1) is 12.3 Å². The summed E-state index contributed by atoms with van der Waals surface area (Å²) in [6, 6.07) is 18.4. The molecule has 1 aliphatic heterocycles. The maximum atomic E-state index is 12.2. The number of nitrogens with zero attached hydrogens (tertiary/aromatic N) is 3. The molecule has 3 rings (SSSR count). The number of piperazine rings is 1. The number of benzene rings is 2. The van der Waals surface area contributed by atoms with Crippen molar-refractivity contribution in [1.29, 1.82) is 0 Å². The first-order valence-corrected chi connectivity index (χ1v) is 9.97. The number of carbonyl (C=O) groups excluding carboxylic acids is 1. The van der Waals surface area contributed by atoms with Crippen LogP contribution in [0.4, 0.5) is 0 Å². The first kappa shape index (κ1) is 19.7. The van der Waals surface area contributed by atoms with Crippen molar-refractivity contribution < 1.29 is 4.79 Å². The predicted octanol–water partition coefficient (Wildman–Crippen LogP) is 3.11. The summed E-state index contributed by atoms with van der Waals surface area (Å²) < 4.78 is 1.02. The third-order valence-corrected chi connectivity index (χ3v) is 5.22. The van der Waals surface area contributed by atoms with Gasteiger partial charge in [-0.2, -0.15) is 5.10 Å². The molecule has 0 saturated carbocycles. The molecule has 1 fully saturated rings. The van der Waals surface area contributed by atoms with E-state index in [-0.39, 0.29) is 5.91 Å². The average Bonchev–Trinajstić information content (AvgIpc) is 2.69. The van der Waals surface area contributed by atoms with Crippen LogP contribution in [0.1, 0.15) is 18.1 Å². The lowest BCUT2D eigenvalue weighted by Gasteiger charge is -2.34. The van der Waals surface area contributed by atoms with Gasteiger partial charge in [0.25, 0.3) is 5.91 Å². The van der Waals surface area contributed by atoms with Gasteiger partial charge in [-0.3, -0.25) is 14.6 Å². The van der Waals surface area contributed by atoms with Crippen LogP contribution in [0.3, 0.4) is 0 Å². The van der Waals surface area contributed by atoms with Crippen molar-refractivity contribution >= 4 is 27.5 Å². The van der Waals surface area contributed by atoms with Crippen LogP contribution in [-0.2, 0) is 11.3 Å². The van der Waals surface area contributed by atoms with Crippen LogP contribution in [0, 0.1) is 0 Å². The topological polar surface area (TPSA) is 47.9 Å². The van der Waals surface area contributed by atoms with Crippen LogP contribution in [0.2, 0.25) is 0 Å². The molecule has 0 unspecified atom stereocenters. The van der Waals surface area contributed by atoms with E-state index in [0.29, 0.717) is 6.54 Å². The van der Waals surface area contributed by atoms with Crippen LogP contribution in [-0.4, -0.2) is 54.1 Å². The number of carbonyl (C=O) groups is 1. The van der Waals surface area contributed by atoms with Crippen molar-refractivity contribution in [2.75, 3.05) is 32.7 Å². The predicted molar refractivity (Wildman–Crippen MR) is 113 cm³/mol. The zero-order valence-electron chi connectivity index (χ0n) is 15.6. The summed E-state index contributed by atoms with van der Waals surface area (Å²) in [5, 5.41) is 4.22. The summed E-state index contributed by atoms with van der Waals surface area (Å²) in [6.07, 6.45) is 0. The van der Waals surface area contributed by atoms with E-state index in [1.165, 1.54) is 5.56 Å². The Morgan fingerprint density at radius 1 is 1.00 bits per heavy atom. The van der Waals surface area contributed by atoms with Crippen molar-refractivity contribution in [3.63, 3.8) is 0 Å². The Morgan fingerprint density at radius 2 is 1.63 bits per heavy atom. The molecule has 27 heavy (non-hydrogen) atoms. The van der Waals surface area contributed by atoms with Gasteiger partial charge in [-0.15, -0.1) is 0 Å². The zero-order valence-corrected chi connectivity index (χ0v) is 17.2. The fraction of sp³-hybridized carbons (Fsp3) is 0.333. The van der Waals surface area contributed by atoms with Gasteiger partial charge in [0.15, 0.2) is 0 Å². The highest BCUT2D eigenvalue weighted by Gasteiger charge is 2.18. The molecule has 6 heteroatoms. The highest BCUT2D eigenvalue weighted by atomic mass is 79.9. The first-order chi connectivity index (χ1) is 13.1. The highest BCUT2D eigenvalue weighted by molar-refractivity contribution is 9.10. The monoisotopic (exact) mass is 428 g/mol. The Morgan fingerprint density at radius 3 is 2.30 bits per heavy atom. The Hall–Kier alpha value is -2.02. The number of hydrogen-bond acceptors (Lipinski definition) is 4. The fourth-order valence-corrected chi connectivity index (χ4v) is 3.35. The van der Waals surface area contributed by atoms with E-state index < -0.39 is 0 Å². The second-order valence-electron chi connectivity index (χ2n) is 6.78. The van der Waals surface area contributed by atoms with Crippen LogP contribution in [0.5, 0.6) is 0 Å². The summed E-state index contributed by atoms with van der Waals surface area (Å²) in [5.41, 5.74) is 5.80. The molecule has 0 spiro atoms. The second kappa shape index (κ2) is 9.78. The maximum absolute atomic E-state index is 12.2. The van der Waals surface area contributed by atoms with E-state index in [2.05, 4.69) is 60.5 Å². The third kappa shape index (κ3) is 6.27. The molecule has 0 aromatic heterocycles. The molecule has 1 N–H and O–H groups in total. The number of hydrogen-bond donors (Lipinski definition) is 1. The number of rotatable bonds is 6. The standard InChI is InChI=1S/C21H25BrN4O/c1-17(19-7-9-20(22)10-8-19)23-24-21(27)16-26-13-11-25(12-14-26)15-18-5-3-2-4-6-18/h2-10H,11-16H2,1H3,(H,24,27)/b23-17-. The van der Waals surface area contributed by atoms with Crippen molar-refractivity contribution in [2.45, 2.75) is 13.5 Å². The molecular formula is C21H25BrN4O. The van der Waals surface area contributed by atoms with Gasteiger partial charge in [0.1, 0.15) is 0 Å². The van der Waals surface area contributed by atoms with Crippen LogP contribution in [0.25, 0.3) is 0 Å². The molecule has 1 saturated heterocycles. The van der Waals surface area contributed by atoms with E-state index in [1.807, 2.05) is 37.3 Å². The van der Waals surface area contributed by atoms with Crippen molar-refractivity contribution in [3.8, 4) is 0 Å².